The lowest BCUT2D eigenvalue weighted by Gasteiger charge is -2.32. The largest absolute Gasteiger partial charge is 0.504 e. The molecule has 1 fully saturated rings. The molecule has 1 aliphatic heterocycles. The highest BCUT2D eigenvalue weighted by Crippen LogP contribution is 2.35. The Labute approximate surface area is 155 Å². The fourth-order valence-electron chi connectivity index (χ4n) is 3.64. The Bertz CT molecular complexity index is 1060. The van der Waals surface area contributed by atoms with Crippen molar-refractivity contribution in [2.75, 3.05) is 18.0 Å². The van der Waals surface area contributed by atoms with Gasteiger partial charge < -0.3 is 19.5 Å². The van der Waals surface area contributed by atoms with E-state index in [1.807, 2.05) is 12.1 Å². The Balaban J connectivity index is 1.77. The average Bonchev–Trinajstić information content (AvgIpc) is 2.68. The van der Waals surface area contributed by atoms with E-state index >= 15 is 0 Å². The molecule has 140 valence electrons. The van der Waals surface area contributed by atoms with Crippen LogP contribution in [0.2, 0.25) is 0 Å². The Morgan fingerprint density at radius 2 is 1.89 bits per heavy atom. The first-order valence-electron chi connectivity index (χ1n) is 8.98. The van der Waals surface area contributed by atoms with Crippen LogP contribution in [0, 0.1) is 11.7 Å². The minimum atomic E-state index is -1.02. The van der Waals surface area contributed by atoms with Crippen LogP contribution in [0.1, 0.15) is 19.8 Å². The van der Waals surface area contributed by atoms with Crippen LogP contribution in [0.3, 0.4) is 0 Å². The standard InChI is InChI=1S/C21H20FNO4/c1-12-3-2-10-23(11-12)14-6-4-13(5-7-14)20-17(22)18(25)15-8-9-16(24)19(26)21(15)27-20/h4-9,12,24,26H,2-3,10-11H2,1H3. The van der Waals surface area contributed by atoms with Crippen LogP contribution in [0.15, 0.2) is 45.6 Å². The molecule has 27 heavy (non-hydrogen) atoms. The number of halogens is 1. The molecule has 1 saturated heterocycles. The van der Waals surface area contributed by atoms with E-state index in [9.17, 15) is 19.4 Å². The van der Waals surface area contributed by atoms with Gasteiger partial charge in [0.25, 0.3) is 0 Å². The first kappa shape index (κ1) is 17.4. The molecule has 4 rings (SSSR count). The number of hydrogen-bond acceptors (Lipinski definition) is 5. The highest BCUT2D eigenvalue weighted by atomic mass is 19.1. The summed E-state index contributed by atoms with van der Waals surface area (Å²) in [5.41, 5.74) is 0.318. The summed E-state index contributed by atoms with van der Waals surface area (Å²) in [6, 6.07) is 9.49. The predicted octanol–water partition coefficient (Wildman–Crippen LogP) is 4.25. The number of hydrogen-bond donors (Lipinski definition) is 2. The number of nitrogens with zero attached hydrogens (tertiary/aromatic N) is 1. The fraction of sp³-hybridized carbons (Fsp3) is 0.286. The Morgan fingerprint density at radius 3 is 2.59 bits per heavy atom. The fourth-order valence-corrected chi connectivity index (χ4v) is 3.64. The van der Waals surface area contributed by atoms with Gasteiger partial charge in [0.2, 0.25) is 17.0 Å². The summed E-state index contributed by atoms with van der Waals surface area (Å²) < 4.78 is 20.1. The van der Waals surface area contributed by atoms with Crippen molar-refractivity contribution < 1.29 is 19.0 Å². The van der Waals surface area contributed by atoms with Crippen LogP contribution in [-0.2, 0) is 0 Å². The minimum Gasteiger partial charge on any atom is -0.504 e. The molecule has 1 atom stereocenters. The van der Waals surface area contributed by atoms with E-state index in [0.717, 1.165) is 31.3 Å². The quantitative estimate of drug-likeness (QED) is 0.661. The maximum Gasteiger partial charge on any atom is 0.229 e. The number of aromatic hydroxyl groups is 2. The summed E-state index contributed by atoms with van der Waals surface area (Å²) in [5, 5.41) is 19.5. The second kappa shape index (κ2) is 6.61. The predicted molar refractivity (Wildman–Crippen MR) is 102 cm³/mol. The van der Waals surface area contributed by atoms with Crippen molar-refractivity contribution in [3.05, 3.63) is 52.4 Å². The van der Waals surface area contributed by atoms with E-state index in [1.165, 1.54) is 12.5 Å². The first-order valence-corrected chi connectivity index (χ1v) is 8.98. The lowest BCUT2D eigenvalue weighted by molar-refractivity contribution is 0.398. The van der Waals surface area contributed by atoms with Gasteiger partial charge in [0.15, 0.2) is 17.1 Å². The summed E-state index contributed by atoms with van der Waals surface area (Å²) >= 11 is 0. The van der Waals surface area contributed by atoms with Gasteiger partial charge in [0.05, 0.1) is 5.39 Å². The molecule has 2 N–H and O–H groups in total. The zero-order chi connectivity index (χ0) is 19.1. The summed E-state index contributed by atoms with van der Waals surface area (Å²) in [4.78, 5) is 14.6. The summed E-state index contributed by atoms with van der Waals surface area (Å²) in [7, 11) is 0. The molecule has 2 heterocycles. The number of phenolic OH excluding ortho intramolecular Hbond substituents is 2. The average molecular weight is 369 g/mol. The molecule has 0 spiro atoms. The Hall–Kier alpha value is -3.02. The molecule has 0 saturated carbocycles. The molecule has 0 aliphatic carbocycles. The van der Waals surface area contributed by atoms with E-state index in [0.29, 0.717) is 11.5 Å². The van der Waals surface area contributed by atoms with E-state index in [4.69, 9.17) is 4.42 Å². The maximum atomic E-state index is 14.6. The number of anilines is 1. The van der Waals surface area contributed by atoms with Crippen LogP contribution in [-0.4, -0.2) is 23.3 Å². The van der Waals surface area contributed by atoms with Gasteiger partial charge in [-0.15, -0.1) is 0 Å². The summed E-state index contributed by atoms with van der Waals surface area (Å²) in [5.74, 6) is -1.66. The highest BCUT2D eigenvalue weighted by molar-refractivity contribution is 5.86. The van der Waals surface area contributed by atoms with Crippen LogP contribution in [0.5, 0.6) is 11.5 Å². The SMILES string of the molecule is CC1CCCN(c2ccc(-c3oc4c(O)c(O)ccc4c(=O)c3F)cc2)C1. The molecule has 1 unspecified atom stereocenters. The normalized spacial score (nSPS) is 17.4. The zero-order valence-electron chi connectivity index (χ0n) is 14.9. The number of rotatable bonds is 2. The summed E-state index contributed by atoms with van der Waals surface area (Å²) in [6.07, 6.45) is 2.36. The van der Waals surface area contributed by atoms with Gasteiger partial charge >= 0.3 is 0 Å². The van der Waals surface area contributed by atoms with Crippen molar-refractivity contribution >= 4 is 16.7 Å². The van der Waals surface area contributed by atoms with Gasteiger partial charge in [-0.1, -0.05) is 6.92 Å². The Morgan fingerprint density at radius 1 is 1.15 bits per heavy atom. The van der Waals surface area contributed by atoms with Gasteiger partial charge in [-0.05, 0) is 55.2 Å². The Kier molecular flexibility index (Phi) is 4.26. The molecule has 5 nitrogen and oxygen atoms in total. The molecule has 6 heteroatoms. The minimum absolute atomic E-state index is 0.120. The molecular weight excluding hydrogens is 349 g/mol. The molecule has 3 aromatic rings. The van der Waals surface area contributed by atoms with Crippen LogP contribution in [0.25, 0.3) is 22.3 Å². The van der Waals surface area contributed by atoms with Crippen LogP contribution >= 0.6 is 0 Å². The van der Waals surface area contributed by atoms with Crippen molar-refractivity contribution in [1.82, 2.24) is 0 Å². The van der Waals surface area contributed by atoms with Crippen molar-refractivity contribution in [2.24, 2.45) is 5.92 Å². The van der Waals surface area contributed by atoms with Crippen LogP contribution in [0.4, 0.5) is 10.1 Å². The van der Waals surface area contributed by atoms with Gasteiger partial charge in [0, 0.05) is 24.3 Å². The van der Waals surface area contributed by atoms with Crippen LogP contribution < -0.4 is 10.3 Å². The molecule has 2 aromatic carbocycles. The van der Waals surface area contributed by atoms with Crippen molar-refractivity contribution in [3.8, 4) is 22.8 Å². The van der Waals surface area contributed by atoms with Crippen molar-refractivity contribution in [1.29, 1.82) is 0 Å². The third-order valence-corrected chi connectivity index (χ3v) is 5.11. The monoisotopic (exact) mass is 369 g/mol. The number of fused-ring (bicyclic) bond motifs is 1. The first-order chi connectivity index (χ1) is 13.0. The number of piperidine rings is 1. The van der Waals surface area contributed by atoms with Crippen molar-refractivity contribution in [3.63, 3.8) is 0 Å². The summed E-state index contributed by atoms with van der Waals surface area (Å²) in [6.45, 7) is 4.18. The van der Waals surface area contributed by atoms with Gasteiger partial charge in [-0.2, -0.15) is 4.39 Å². The second-order valence-electron chi connectivity index (χ2n) is 7.12. The lowest BCUT2D eigenvalue weighted by atomic mass is 9.99. The molecule has 1 aliphatic rings. The third-order valence-electron chi connectivity index (χ3n) is 5.11. The van der Waals surface area contributed by atoms with E-state index < -0.39 is 22.7 Å². The van der Waals surface area contributed by atoms with E-state index in [-0.39, 0.29) is 16.7 Å². The van der Waals surface area contributed by atoms with Gasteiger partial charge in [0.1, 0.15) is 0 Å². The number of benzene rings is 2. The maximum absolute atomic E-state index is 14.6. The second-order valence-corrected chi connectivity index (χ2v) is 7.12. The topological polar surface area (TPSA) is 73.9 Å². The zero-order valence-corrected chi connectivity index (χ0v) is 14.9. The smallest absolute Gasteiger partial charge is 0.229 e. The van der Waals surface area contributed by atoms with E-state index in [2.05, 4.69) is 11.8 Å². The highest BCUT2D eigenvalue weighted by Gasteiger charge is 2.20. The molecule has 0 bridgehead atoms. The van der Waals surface area contributed by atoms with Crippen molar-refractivity contribution in [2.45, 2.75) is 19.8 Å². The molecular formula is C21H20FNO4. The third kappa shape index (κ3) is 3.01. The lowest BCUT2D eigenvalue weighted by Crippen LogP contribution is -2.34. The van der Waals surface area contributed by atoms with Gasteiger partial charge in [-0.3, -0.25) is 4.79 Å². The van der Waals surface area contributed by atoms with E-state index in [1.54, 1.807) is 12.1 Å². The molecule has 1 aromatic heterocycles. The number of phenols is 2. The van der Waals surface area contributed by atoms with Gasteiger partial charge in [-0.25, -0.2) is 0 Å². The molecule has 0 radical (unpaired) electrons. The molecule has 0 amide bonds.